The summed E-state index contributed by atoms with van der Waals surface area (Å²) in [5, 5.41) is 8.34. The Bertz CT molecular complexity index is 601. The van der Waals surface area contributed by atoms with Gasteiger partial charge in [0.2, 0.25) is 0 Å². The lowest BCUT2D eigenvalue weighted by molar-refractivity contribution is 0.0528. The molecule has 0 saturated carbocycles. The van der Waals surface area contributed by atoms with Gasteiger partial charge in [0.15, 0.2) is 0 Å². The molecule has 0 saturated heterocycles. The minimum absolute atomic E-state index is 0.499. The molecule has 0 aliphatic heterocycles. The zero-order chi connectivity index (χ0) is 17.6. The Morgan fingerprint density at radius 1 is 0.958 bits per heavy atom. The predicted octanol–water partition coefficient (Wildman–Crippen LogP) is 5.52. The highest BCUT2D eigenvalue weighted by Gasteiger charge is 2.00. The fourth-order valence-electron chi connectivity index (χ4n) is 1.74. The molecule has 0 aliphatic rings. The van der Waals surface area contributed by atoms with E-state index in [9.17, 15) is 0 Å². The van der Waals surface area contributed by atoms with Crippen molar-refractivity contribution in [3.63, 3.8) is 0 Å². The van der Waals surface area contributed by atoms with Gasteiger partial charge in [-0.15, -0.1) is 0 Å². The molecule has 0 spiro atoms. The average Bonchev–Trinajstić information content (AvgIpc) is 2.61. The number of ether oxygens (including phenoxy) is 2. The molecule has 0 aliphatic carbocycles. The highest BCUT2D eigenvalue weighted by molar-refractivity contribution is 5.49. The summed E-state index contributed by atoms with van der Waals surface area (Å²) in [4.78, 5) is 0. The second-order valence-electron chi connectivity index (χ2n) is 5.51. The number of hydrogen-bond acceptors (Lipinski definition) is 3. The van der Waals surface area contributed by atoms with Crippen LogP contribution in [0.25, 0.3) is 12.2 Å². The highest BCUT2D eigenvalue weighted by atomic mass is 16.7. The Labute approximate surface area is 144 Å². The third-order valence-electron chi connectivity index (χ3n) is 2.91. The van der Waals surface area contributed by atoms with E-state index in [0.29, 0.717) is 18.5 Å². The van der Waals surface area contributed by atoms with Crippen LogP contribution in [-0.2, 0) is 9.47 Å². The summed E-state index contributed by atoms with van der Waals surface area (Å²) in [6, 6.07) is 19.6. The summed E-state index contributed by atoms with van der Waals surface area (Å²) in [5.74, 6) is 1.06. The Morgan fingerprint density at radius 3 is 1.96 bits per heavy atom. The van der Waals surface area contributed by atoms with E-state index in [1.54, 1.807) is 13.2 Å². The molecule has 0 atom stereocenters. The molecule has 1 N–H and O–H groups in total. The molecule has 2 rings (SSSR count). The van der Waals surface area contributed by atoms with E-state index in [4.69, 9.17) is 14.6 Å². The van der Waals surface area contributed by atoms with Crippen LogP contribution < -0.4 is 0 Å². The van der Waals surface area contributed by atoms with Crippen molar-refractivity contribution >= 4 is 12.2 Å². The zero-order valence-electron chi connectivity index (χ0n) is 14.6. The Kier molecular flexibility index (Phi) is 9.55. The van der Waals surface area contributed by atoms with Crippen LogP contribution in [0.4, 0.5) is 0 Å². The summed E-state index contributed by atoms with van der Waals surface area (Å²) >= 11 is 0. The number of aliphatic hydroxyl groups is 1. The minimum atomic E-state index is 0.499. The highest BCUT2D eigenvalue weighted by Crippen LogP contribution is 2.09. The average molecular weight is 326 g/mol. The second-order valence-corrected chi connectivity index (χ2v) is 5.51. The van der Waals surface area contributed by atoms with Gasteiger partial charge in [-0.25, -0.2) is 0 Å². The van der Waals surface area contributed by atoms with Gasteiger partial charge in [0.05, 0.1) is 20.0 Å². The van der Waals surface area contributed by atoms with Gasteiger partial charge in [-0.1, -0.05) is 74.5 Å². The van der Waals surface area contributed by atoms with Crippen molar-refractivity contribution in [2.45, 2.75) is 13.8 Å². The lowest BCUT2D eigenvalue weighted by atomic mass is 10.2. The molecule has 0 heterocycles. The summed E-state index contributed by atoms with van der Waals surface area (Å²) in [6.07, 6.45) is 4.57. The lowest BCUT2D eigenvalue weighted by Gasteiger charge is -2.10. The van der Waals surface area contributed by atoms with E-state index >= 15 is 0 Å². The van der Waals surface area contributed by atoms with Gasteiger partial charge < -0.3 is 14.6 Å². The van der Waals surface area contributed by atoms with E-state index < -0.39 is 0 Å². The van der Waals surface area contributed by atoms with Gasteiger partial charge in [0.25, 0.3) is 5.95 Å². The zero-order valence-corrected chi connectivity index (χ0v) is 14.6. The summed E-state index contributed by atoms with van der Waals surface area (Å²) in [5.41, 5.74) is 2.10. The Morgan fingerprint density at radius 2 is 1.50 bits per heavy atom. The van der Waals surface area contributed by atoms with Gasteiger partial charge in [-0.3, -0.25) is 0 Å². The van der Waals surface area contributed by atoms with Crippen molar-refractivity contribution in [1.29, 1.82) is 0 Å². The fourth-order valence-corrected chi connectivity index (χ4v) is 1.74. The third-order valence-corrected chi connectivity index (χ3v) is 2.91. The van der Waals surface area contributed by atoms with Gasteiger partial charge >= 0.3 is 0 Å². The monoisotopic (exact) mass is 326 g/mol. The molecule has 0 radical (unpaired) electrons. The molecule has 3 nitrogen and oxygen atoms in total. The van der Waals surface area contributed by atoms with Gasteiger partial charge in [0.1, 0.15) is 0 Å². The van der Waals surface area contributed by atoms with Crippen molar-refractivity contribution in [3.05, 3.63) is 84.0 Å². The van der Waals surface area contributed by atoms with Crippen molar-refractivity contribution in [3.8, 4) is 0 Å². The molecule has 0 amide bonds. The third kappa shape index (κ3) is 8.69. The molecule has 128 valence electrons. The fraction of sp³-hybridized carbons (Fsp3) is 0.238. The van der Waals surface area contributed by atoms with Crippen molar-refractivity contribution in [1.82, 2.24) is 0 Å². The molecule has 0 fully saturated rings. The molecular weight excluding hydrogens is 300 g/mol. The molecular formula is C21H26O3. The first-order chi connectivity index (χ1) is 11.7. The van der Waals surface area contributed by atoms with Crippen molar-refractivity contribution in [2.24, 2.45) is 5.92 Å². The van der Waals surface area contributed by atoms with Crippen molar-refractivity contribution < 1.29 is 14.6 Å². The number of rotatable bonds is 6. The standard InChI is InChI=1S/C13H18O2.C8H8O/c1-11(2)10-15-13(14-3)9-12-7-5-4-6-8-12;9-7-6-8-4-2-1-3-5-8/h4-9,11H,10H2,1-3H3;1-7,9H. The maximum atomic E-state index is 8.34. The summed E-state index contributed by atoms with van der Waals surface area (Å²) < 4.78 is 10.6. The van der Waals surface area contributed by atoms with Crippen LogP contribution in [0.15, 0.2) is 72.9 Å². The SMILES string of the molecule is COC(=Cc1ccccc1)OCC(C)C.OC=Cc1ccccc1. The van der Waals surface area contributed by atoms with Crippen LogP contribution in [0.5, 0.6) is 0 Å². The summed E-state index contributed by atoms with van der Waals surface area (Å²) in [6.45, 7) is 4.89. The molecule has 0 unspecified atom stereocenters. The van der Waals surface area contributed by atoms with E-state index in [2.05, 4.69) is 13.8 Å². The normalized spacial score (nSPS) is 11.1. The van der Waals surface area contributed by atoms with E-state index in [-0.39, 0.29) is 0 Å². The maximum Gasteiger partial charge on any atom is 0.279 e. The van der Waals surface area contributed by atoms with E-state index in [1.165, 1.54) is 0 Å². The maximum absolute atomic E-state index is 8.34. The largest absolute Gasteiger partial charge is 0.516 e. The molecule has 24 heavy (non-hydrogen) atoms. The number of methoxy groups -OCH3 is 1. The first-order valence-corrected chi connectivity index (χ1v) is 7.95. The van der Waals surface area contributed by atoms with Gasteiger partial charge in [0, 0.05) is 6.08 Å². The molecule has 0 bridgehead atoms. The molecule has 0 aromatic heterocycles. The minimum Gasteiger partial charge on any atom is -0.516 e. The van der Waals surface area contributed by atoms with Crippen LogP contribution in [0.1, 0.15) is 25.0 Å². The number of aliphatic hydroxyl groups excluding tert-OH is 1. The molecule has 2 aromatic rings. The summed E-state index contributed by atoms with van der Waals surface area (Å²) in [7, 11) is 1.62. The van der Waals surface area contributed by atoms with Gasteiger partial charge in [-0.05, 0) is 23.1 Å². The predicted molar refractivity (Wildman–Crippen MR) is 100 cm³/mol. The number of benzene rings is 2. The Hall–Kier alpha value is -2.68. The van der Waals surface area contributed by atoms with Crippen LogP contribution in [0.2, 0.25) is 0 Å². The first-order valence-electron chi connectivity index (χ1n) is 7.95. The smallest absolute Gasteiger partial charge is 0.279 e. The van der Waals surface area contributed by atoms with Crippen LogP contribution in [0, 0.1) is 5.92 Å². The quantitative estimate of drug-likeness (QED) is 0.710. The van der Waals surface area contributed by atoms with Crippen LogP contribution in [-0.4, -0.2) is 18.8 Å². The van der Waals surface area contributed by atoms with E-state index in [1.807, 2.05) is 66.7 Å². The van der Waals surface area contributed by atoms with Gasteiger partial charge in [-0.2, -0.15) is 0 Å². The Balaban J connectivity index is 0.000000272. The van der Waals surface area contributed by atoms with Crippen LogP contribution in [0.3, 0.4) is 0 Å². The lowest BCUT2D eigenvalue weighted by Crippen LogP contribution is -2.02. The first kappa shape index (κ1) is 19.4. The molecule has 3 heteroatoms. The topological polar surface area (TPSA) is 38.7 Å². The van der Waals surface area contributed by atoms with Crippen LogP contribution >= 0.6 is 0 Å². The molecule has 2 aromatic carbocycles. The van der Waals surface area contributed by atoms with Crippen molar-refractivity contribution in [2.75, 3.05) is 13.7 Å². The number of hydrogen-bond donors (Lipinski definition) is 1. The van der Waals surface area contributed by atoms with E-state index in [0.717, 1.165) is 17.4 Å². The second kappa shape index (κ2) is 11.8.